The van der Waals surface area contributed by atoms with Gasteiger partial charge in [-0.1, -0.05) is 21.1 Å². The van der Waals surface area contributed by atoms with Crippen LogP contribution in [0.25, 0.3) is 0 Å². The van der Waals surface area contributed by atoms with Crippen molar-refractivity contribution >= 4 is 27.5 Å². The Kier molecular flexibility index (Phi) is 3.85. The van der Waals surface area contributed by atoms with Crippen molar-refractivity contribution in [1.82, 2.24) is 0 Å². The van der Waals surface area contributed by atoms with Crippen LogP contribution in [-0.2, 0) is 4.74 Å². The number of hydrogen-bond donors (Lipinski definition) is 2. The molecule has 0 bridgehead atoms. The zero-order valence-electron chi connectivity index (χ0n) is 11.1. The molecule has 1 aromatic rings. The summed E-state index contributed by atoms with van der Waals surface area (Å²) in [5, 5.41) is 12.2. The van der Waals surface area contributed by atoms with E-state index < -0.39 is 0 Å². The highest BCUT2D eigenvalue weighted by molar-refractivity contribution is 9.10. The molecule has 1 saturated heterocycles. The highest BCUT2D eigenvalue weighted by Crippen LogP contribution is 2.35. The van der Waals surface area contributed by atoms with Gasteiger partial charge >= 0.3 is 0 Å². The summed E-state index contributed by atoms with van der Waals surface area (Å²) in [6.45, 7) is 1.57. The maximum Gasteiger partial charge on any atom is 0.172 e. The number of fused-ring (bicyclic) bond motifs is 1. The third-order valence-corrected chi connectivity index (χ3v) is 4.63. The molecule has 5 nitrogen and oxygen atoms in total. The smallest absolute Gasteiger partial charge is 0.172 e. The number of oxime groups is 1. The minimum absolute atomic E-state index is 0.141. The van der Waals surface area contributed by atoms with Crippen molar-refractivity contribution in [2.45, 2.75) is 31.4 Å². The fourth-order valence-electron chi connectivity index (χ4n) is 3.24. The van der Waals surface area contributed by atoms with Crippen molar-refractivity contribution in [1.29, 1.82) is 0 Å². The van der Waals surface area contributed by atoms with E-state index in [4.69, 9.17) is 15.7 Å². The van der Waals surface area contributed by atoms with E-state index in [1.54, 1.807) is 0 Å². The van der Waals surface area contributed by atoms with Crippen molar-refractivity contribution < 1.29 is 9.94 Å². The van der Waals surface area contributed by atoms with Gasteiger partial charge in [0, 0.05) is 22.3 Å². The number of anilines is 1. The van der Waals surface area contributed by atoms with E-state index in [0.717, 1.165) is 41.7 Å². The van der Waals surface area contributed by atoms with Crippen LogP contribution in [0.1, 0.15) is 24.8 Å². The van der Waals surface area contributed by atoms with E-state index in [9.17, 15) is 0 Å². The van der Waals surface area contributed by atoms with Crippen LogP contribution in [0.4, 0.5) is 5.69 Å². The third kappa shape index (κ3) is 2.38. The van der Waals surface area contributed by atoms with Crippen LogP contribution in [-0.4, -0.2) is 36.3 Å². The molecular formula is C14H18BrN3O2. The first-order chi connectivity index (χ1) is 9.70. The summed E-state index contributed by atoms with van der Waals surface area (Å²) >= 11 is 3.44. The maximum absolute atomic E-state index is 8.99. The fourth-order valence-corrected chi connectivity index (χ4v) is 3.60. The van der Waals surface area contributed by atoms with Gasteiger partial charge in [-0.05, 0) is 37.5 Å². The molecule has 0 radical (unpaired) electrons. The monoisotopic (exact) mass is 339 g/mol. The zero-order valence-corrected chi connectivity index (χ0v) is 12.7. The molecule has 2 unspecified atom stereocenters. The van der Waals surface area contributed by atoms with Gasteiger partial charge in [-0.2, -0.15) is 0 Å². The Balaban J connectivity index is 2.00. The number of nitrogens with two attached hydrogens (primary N) is 1. The third-order valence-electron chi connectivity index (χ3n) is 4.13. The van der Waals surface area contributed by atoms with Crippen LogP contribution in [0.3, 0.4) is 0 Å². The van der Waals surface area contributed by atoms with Gasteiger partial charge in [0.2, 0.25) is 0 Å². The molecule has 2 aliphatic rings. The van der Waals surface area contributed by atoms with Gasteiger partial charge in [0.1, 0.15) is 0 Å². The Morgan fingerprint density at radius 3 is 3.10 bits per heavy atom. The number of benzene rings is 1. The molecule has 0 spiro atoms. The van der Waals surface area contributed by atoms with Crippen molar-refractivity contribution in [2.75, 3.05) is 18.1 Å². The number of ether oxygens (including phenoxy) is 1. The second-order valence-corrected chi connectivity index (χ2v) is 6.16. The molecule has 1 aliphatic heterocycles. The van der Waals surface area contributed by atoms with Crippen LogP contribution in [0.2, 0.25) is 0 Å². The number of halogens is 1. The van der Waals surface area contributed by atoms with Crippen LogP contribution in [0, 0.1) is 0 Å². The summed E-state index contributed by atoms with van der Waals surface area (Å²) in [7, 11) is 0. The first-order valence-corrected chi connectivity index (χ1v) is 7.65. The van der Waals surface area contributed by atoms with Crippen LogP contribution in [0.5, 0.6) is 0 Å². The molecule has 1 heterocycles. The molecule has 1 saturated carbocycles. The predicted octanol–water partition coefficient (Wildman–Crippen LogP) is 2.30. The quantitative estimate of drug-likeness (QED) is 0.375. The van der Waals surface area contributed by atoms with E-state index >= 15 is 0 Å². The molecular weight excluding hydrogens is 322 g/mol. The van der Waals surface area contributed by atoms with E-state index in [-0.39, 0.29) is 5.84 Å². The molecule has 1 aromatic carbocycles. The van der Waals surface area contributed by atoms with Crippen molar-refractivity contribution in [3.05, 3.63) is 28.2 Å². The Morgan fingerprint density at radius 2 is 2.30 bits per heavy atom. The highest BCUT2D eigenvalue weighted by atomic mass is 79.9. The molecule has 3 N–H and O–H groups in total. The van der Waals surface area contributed by atoms with Gasteiger partial charge in [0.25, 0.3) is 0 Å². The van der Waals surface area contributed by atoms with E-state index in [1.165, 1.54) is 6.42 Å². The van der Waals surface area contributed by atoms with Gasteiger partial charge in [-0.15, -0.1) is 0 Å². The average molecular weight is 340 g/mol. The molecule has 0 amide bonds. The summed E-state index contributed by atoms with van der Waals surface area (Å²) in [5.74, 6) is 0.141. The number of amidine groups is 1. The Bertz CT molecular complexity index is 535. The van der Waals surface area contributed by atoms with Gasteiger partial charge in [0.05, 0.1) is 18.8 Å². The Morgan fingerprint density at radius 1 is 1.45 bits per heavy atom. The van der Waals surface area contributed by atoms with Gasteiger partial charge in [-0.3, -0.25) is 0 Å². The van der Waals surface area contributed by atoms with E-state index in [1.807, 2.05) is 18.2 Å². The summed E-state index contributed by atoms with van der Waals surface area (Å²) in [5.41, 5.74) is 7.61. The summed E-state index contributed by atoms with van der Waals surface area (Å²) in [4.78, 5) is 2.35. The molecule has 1 aliphatic carbocycles. The second-order valence-electron chi connectivity index (χ2n) is 5.25. The van der Waals surface area contributed by atoms with Crippen molar-refractivity contribution in [3.8, 4) is 0 Å². The molecule has 0 aromatic heterocycles. The van der Waals surface area contributed by atoms with Crippen molar-refractivity contribution in [3.63, 3.8) is 0 Å². The summed E-state index contributed by atoms with van der Waals surface area (Å²) in [6.07, 6.45) is 3.77. The minimum atomic E-state index is 0.141. The first-order valence-electron chi connectivity index (χ1n) is 6.86. The van der Waals surface area contributed by atoms with Crippen LogP contribution < -0.4 is 10.6 Å². The second kappa shape index (κ2) is 5.61. The lowest BCUT2D eigenvalue weighted by molar-refractivity contribution is 0.0256. The molecule has 2 fully saturated rings. The zero-order chi connectivity index (χ0) is 14.1. The van der Waals surface area contributed by atoms with Gasteiger partial charge < -0.3 is 20.6 Å². The molecule has 6 heteroatoms. The fraction of sp³-hybridized carbons (Fsp3) is 0.500. The number of nitrogens with zero attached hydrogens (tertiary/aromatic N) is 2. The van der Waals surface area contributed by atoms with Gasteiger partial charge in [0.15, 0.2) is 5.84 Å². The van der Waals surface area contributed by atoms with Crippen molar-refractivity contribution in [2.24, 2.45) is 10.9 Å². The maximum atomic E-state index is 8.99. The van der Waals surface area contributed by atoms with Crippen LogP contribution >= 0.6 is 15.9 Å². The highest BCUT2D eigenvalue weighted by Gasteiger charge is 2.37. The number of hydrogen-bond acceptors (Lipinski definition) is 4. The summed E-state index contributed by atoms with van der Waals surface area (Å²) in [6, 6.07) is 6.31. The predicted molar refractivity (Wildman–Crippen MR) is 81.4 cm³/mol. The number of morpholine rings is 1. The van der Waals surface area contributed by atoms with Crippen LogP contribution in [0.15, 0.2) is 27.8 Å². The molecule has 2 atom stereocenters. The summed E-state index contributed by atoms with van der Waals surface area (Å²) < 4.78 is 6.76. The molecule has 20 heavy (non-hydrogen) atoms. The molecule has 3 rings (SSSR count). The lowest BCUT2D eigenvalue weighted by Crippen LogP contribution is -2.49. The Hall–Kier alpha value is -1.27. The van der Waals surface area contributed by atoms with E-state index in [2.05, 4.69) is 26.0 Å². The normalized spacial score (nSPS) is 26.6. The lowest BCUT2D eigenvalue weighted by Gasteiger charge is -2.40. The standard InChI is InChI=1S/C14H18BrN3O2/c15-9-4-5-11(10(8-9)14(16)17-19)18-6-7-20-13-3-1-2-12(13)18/h4-5,8,12-13,19H,1-3,6-7H2,(H2,16,17). The van der Waals surface area contributed by atoms with E-state index in [0.29, 0.717) is 12.1 Å². The SMILES string of the molecule is N/C(=N/O)c1cc(Br)ccc1N1CCOC2CCCC21. The van der Waals surface area contributed by atoms with Gasteiger partial charge in [-0.25, -0.2) is 0 Å². The lowest BCUT2D eigenvalue weighted by atomic mass is 10.1. The first kappa shape index (κ1) is 13.7. The topological polar surface area (TPSA) is 71.1 Å². The molecule has 108 valence electrons. The Labute approximate surface area is 126 Å². The average Bonchev–Trinajstić information content (AvgIpc) is 2.95. The number of rotatable bonds is 2. The largest absolute Gasteiger partial charge is 0.409 e. The minimum Gasteiger partial charge on any atom is -0.409 e.